The molecule has 0 amide bonds. The number of hydrogen-bond donors (Lipinski definition) is 1. The van der Waals surface area contributed by atoms with Crippen molar-refractivity contribution in [1.82, 2.24) is 15.2 Å². The van der Waals surface area contributed by atoms with Gasteiger partial charge in [-0.25, -0.2) is 0 Å². The fourth-order valence-corrected chi connectivity index (χ4v) is 3.19. The molecule has 116 valence electrons. The number of aromatic nitrogens is 1. The van der Waals surface area contributed by atoms with Crippen LogP contribution in [0.15, 0.2) is 18.2 Å². The Morgan fingerprint density at radius 1 is 1.33 bits per heavy atom. The summed E-state index contributed by atoms with van der Waals surface area (Å²) in [6, 6.07) is 7.11. The molecule has 2 fully saturated rings. The van der Waals surface area contributed by atoms with Gasteiger partial charge in [-0.3, -0.25) is 9.88 Å². The zero-order valence-electron chi connectivity index (χ0n) is 13.4. The second kappa shape index (κ2) is 6.03. The molecule has 4 nitrogen and oxygen atoms in total. The molecular formula is C17H27N3O. The van der Waals surface area contributed by atoms with Crippen LogP contribution in [-0.4, -0.2) is 40.7 Å². The molecular weight excluding hydrogens is 262 g/mol. The van der Waals surface area contributed by atoms with E-state index in [-0.39, 0.29) is 11.7 Å². The smallest absolute Gasteiger partial charge is 0.0757 e. The summed E-state index contributed by atoms with van der Waals surface area (Å²) in [5.41, 5.74) is 2.25. The van der Waals surface area contributed by atoms with Crippen molar-refractivity contribution in [2.45, 2.75) is 64.4 Å². The molecule has 1 aliphatic carbocycles. The first kappa shape index (κ1) is 14.9. The normalized spacial score (nSPS) is 26.0. The molecule has 4 heteroatoms. The minimum Gasteiger partial charge on any atom is -0.370 e. The highest BCUT2D eigenvalue weighted by Crippen LogP contribution is 2.22. The predicted octanol–water partition coefficient (Wildman–Crippen LogP) is 2.33. The Kier molecular flexibility index (Phi) is 4.29. The third-order valence-corrected chi connectivity index (χ3v) is 4.04. The molecule has 1 saturated heterocycles. The first-order valence-electron chi connectivity index (χ1n) is 8.08. The van der Waals surface area contributed by atoms with Gasteiger partial charge in [0.05, 0.1) is 23.1 Å². The number of pyridine rings is 1. The molecule has 0 spiro atoms. The van der Waals surface area contributed by atoms with Gasteiger partial charge in [0.25, 0.3) is 0 Å². The van der Waals surface area contributed by atoms with Gasteiger partial charge < -0.3 is 10.1 Å². The molecule has 3 rings (SSSR count). The fraction of sp³-hybridized carbons (Fsp3) is 0.706. The van der Waals surface area contributed by atoms with Gasteiger partial charge >= 0.3 is 0 Å². The summed E-state index contributed by atoms with van der Waals surface area (Å²) in [5, 5.41) is 3.53. The monoisotopic (exact) mass is 289 g/mol. The van der Waals surface area contributed by atoms with E-state index >= 15 is 0 Å². The highest BCUT2D eigenvalue weighted by Gasteiger charge is 2.31. The highest BCUT2D eigenvalue weighted by atomic mass is 16.5. The summed E-state index contributed by atoms with van der Waals surface area (Å²) in [6.07, 6.45) is 2.93. The van der Waals surface area contributed by atoms with E-state index in [4.69, 9.17) is 9.72 Å². The van der Waals surface area contributed by atoms with Crippen molar-refractivity contribution in [2.75, 3.05) is 13.1 Å². The number of hydrogen-bond acceptors (Lipinski definition) is 4. The van der Waals surface area contributed by atoms with Crippen LogP contribution < -0.4 is 5.32 Å². The Hall–Kier alpha value is -0.970. The maximum absolute atomic E-state index is 5.97. The van der Waals surface area contributed by atoms with Gasteiger partial charge in [-0.15, -0.1) is 0 Å². The van der Waals surface area contributed by atoms with E-state index in [0.717, 1.165) is 43.6 Å². The molecule has 1 aromatic rings. The second-order valence-electron chi connectivity index (χ2n) is 7.13. The minimum atomic E-state index is -0.0667. The molecule has 21 heavy (non-hydrogen) atoms. The number of rotatable bonds is 5. The minimum absolute atomic E-state index is 0.0667. The van der Waals surface area contributed by atoms with Crippen molar-refractivity contribution >= 4 is 0 Å². The summed E-state index contributed by atoms with van der Waals surface area (Å²) in [5.74, 6) is 0. The van der Waals surface area contributed by atoms with Gasteiger partial charge in [-0.05, 0) is 45.7 Å². The lowest BCUT2D eigenvalue weighted by Crippen LogP contribution is -2.51. The lowest BCUT2D eigenvalue weighted by atomic mass is 10.1. The molecule has 2 heterocycles. The molecule has 0 radical (unpaired) electrons. The summed E-state index contributed by atoms with van der Waals surface area (Å²) >= 11 is 0. The third kappa shape index (κ3) is 4.50. The maximum Gasteiger partial charge on any atom is 0.0757 e. The average Bonchev–Trinajstić information content (AvgIpc) is 3.18. The van der Waals surface area contributed by atoms with E-state index in [1.54, 1.807) is 0 Å². The Morgan fingerprint density at radius 2 is 2.10 bits per heavy atom. The molecule has 1 saturated carbocycles. The standard InChI is InChI=1S/C17H27N3O/c1-13-10-20(12-17(2,3)21-13)11-16-6-4-5-15(19-16)9-18-14-7-8-14/h4-6,13-14,18H,7-12H2,1-3H3. The van der Waals surface area contributed by atoms with Gasteiger partial charge in [0.2, 0.25) is 0 Å². The third-order valence-electron chi connectivity index (χ3n) is 4.04. The molecule has 1 aliphatic heterocycles. The first-order chi connectivity index (χ1) is 10.00. The van der Waals surface area contributed by atoms with Crippen LogP contribution in [0.4, 0.5) is 0 Å². The van der Waals surface area contributed by atoms with Crippen LogP contribution in [0.1, 0.15) is 45.0 Å². The van der Waals surface area contributed by atoms with Crippen LogP contribution in [0.2, 0.25) is 0 Å². The van der Waals surface area contributed by atoms with Crippen LogP contribution in [0.5, 0.6) is 0 Å². The van der Waals surface area contributed by atoms with Crippen LogP contribution in [0.3, 0.4) is 0 Å². The molecule has 1 aromatic heterocycles. The Bertz CT molecular complexity index is 485. The Labute approximate surface area is 127 Å². The van der Waals surface area contributed by atoms with E-state index in [1.807, 2.05) is 0 Å². The first-order valence-corrected chi connectivity index (χ1v) is 8.08. The topological polar surface area (TPSA) is 37.4 Å². The van der Waals surface area contributed by atoms with E-state index in [9.17, 15) is 0 Å². The fourth-order valence-electron chi connectivity index (χ4n) is 3.19. The number of nitrogens with one attached hydrogen (secondary N) is 1. The van der Waals surface area contributed by atoms with Crippen molar-refractivity contribution < 1.29 is 4.74 Å². The van der Waals surface area contributed by atoms with Gasteiger partial charge in [0.1, 0.15) is 0 Å². The number of morpholine rings is 1. The van der Waals surface area contributed by atoms with E-state index < -0.39 is 0 Å². The average molecular weight is 289 g/mol. The van der Waals surface area contributed by atoms with Crippen LogP contribution in [0.25, 0.3) is 0 Å². The van der Waals surface area contributed by atoms with E-state index in [0.29, 0.717) is 0 Å². The zero-order chi connectivity index (χ0) is 14.9. The molecule has 1 unspecified atom stereocenters. The van der Waals surface area contributed by atoms with Gasteiger partial charge in [0.15, 0.2) is 0 Å². The van der Waals surface area contributed by atoms with Gasteiger partial charge in [-0.2, -0.15) is 0 Å². The summed E-state index contributed by atoms with van der Waals surface area (Å²) in [4.78, 5) is 7.25. The maximum atomic E-state index is 5.97. The zero-order valence-corrected chi connectivity index (χ0v) is 13.4. The Balaban J connectivity index is 1.59. The lowest BCUT2D eigenvalue weighted by molar-refractivity contribution is -0.130. The number of nitrogens with zero attached hydrogens (tertiary/aromatic N) is 2. The summed E-state index contributed by atoms with van der Waals surface area (Å²) in [7, 11) is 0. The summed E-state index contributed by atoms with van der Waals surface area (Å²) < 4.78 is 5.97. The quantitative estimate of drug-likeness (QED) is 0.903. The van der Waals surface area contributed by atoms with Gasteiger partial charge in [0, 0.05) is 32.2 Å². The second-order valence-corrected chi connectivity index (χ2v) is 7.13. The molecule has 1 atom stereocenters. The van der Waals surface area contributed by atoms with Gasteiger partial charge in [-0.1, -0.05) is 6.07 Å². The van der Waals surface area contributed by atoms with Crippen molar-refractivity contribution in [1.29, 1.82) is 0 Å². The number of ether oxygens (including phenoxy) is 1. The van der Waals surface area contributed by atoms with Crippen molar-refractivity contribution in [3.8, 4) is 0 Å². The van der Waals surface area contributed by atoms with E-state index in [2.05, 4.69) is 49.2 Å². The van der Waals surface area contributed by atoms with Crippen molar-refractivity contribution in [3.63, 3.8) is 0 Å². The van der Waals surface area contributed by atoms with Crippen molar-refractivity contribution in [3.05, 3.63) is 29.6 Å². The van der Waals surface area contributed by atoms with Crippen LogP contribution >= 0.6 is 0 Å². The highest BCUT2D eigenvalue weighted by molar-refractivity contribution is 5.12. The predicted molar refractivity (Wildman–Crippen MR) is 84.0 cm³/mol. The Morgan fingerprint density at radius 3 is 2.81 bits per heavy atom. The molecule has 0 bridgehead atoms. The molecule has 0 aromatic carbocycles. The van der Waals surface area contributed by atoms with Crippen molar-refractivity contribution in [2.24, 2.45) is 0 Å². The van der Waals surface area contributed by atoms with E-state index in [1.165, 1.54) is 12.8 Å². The molecule has 2 aliphatic rings. The lowest BCUT2D eigenvalue weighted by Gasteiger charge is -2.41. The SMILES string of the molecule is CC1CN(Cc2cccc(CNC3CC3)n2)CC(C)(C)O1. The largest absolute Gasteiger partial charge is 0.370 e. The van der Waals surface area contributed by atoms with Crippen LogP contribution in [0, 0.1) is 0 Å². The van der Waals surface area contributed by atoms with Crippen LogP contribution in [-0.2, 0) is 17.8 Å². The molecule has 1 N–H and O–H groups in total. The summed E-state index contributed by atoms with van der Waals surface area (Å²) in [6.45, 7) is 10.2.